The highest BCUT2D eigenvalue weighted by Crippen LogP contribution is 2.41. The predicted octanol–water partition coefficient (Wildman–Crippen LogP) is 5.48. The quantitative estimate of drug-likeness (QED) is 0.374. The van der Waals surface area contributed by atoms with Crippen molar-refractivity contribution >= 4 is 23.5 Å². The Morgan fingerprint density at radius 3 is 2.60 bits per heavy atom. The van der Waals surface area contributed by atoms with E-state index in [2.05, 4.69) is 15.3 Å². The standard InChI is InChI=1S/C30H35F2N5O5/c1-16-19(23-25(26(33)35-15-34-23)40-11-10-37(7)28(39)42-29(2,3)4)12-17(31)13-21(16)36-27(38)18-8-9-20-24(22(18)32)41-14-30(20,5)6/h8-9,12-13,15H,10-11,14H2,1-7H3,(H,36,38)(H2,33,34,35). The number of amides is 2. The molecule has 42 heavy (non-hydrogen) atoms. The minimum Gasteiger partial charge on any atom is -0.489 e. The van der Waals surface area contributed by atoms with Gasteiger partial charge in [0, 0.05) is 29.3 Å². The zero-order valence-corrected chi connectivity index (χ0v) is 24.7. The van der Waals surface area contributed by atoms with E-state index >= 15 is 4.39 Å². The first-order valence-corrected chi connectivity index (χ1v) is 13.3. The molecule has 224 valence electrons. The van der Waals surface area contributed by atoms with Crippen LogP contribution in [0.3, 0.4) is 0 Å². The number of anilines is 2. The molecule has 2 amide bonds. The van der Waals surface area contributed by atoms with E-state index < -0.39 is 29.2 Å². The first-order valence-electron chi connectivity index (χ1n) is 13.3. The summed E-state index contributed by atoms with van der Waals surface area (Å²) in [5, 5.41) is 2.61. The summed E-state index contributed by atoms with van der Waals surface area (Å²) in [7, 11) is 1.56. The number of halogens is 2. The molecule has 0 spiro atoms. The number of nitrogens with one attached hydrogen (secondary N) is 1. The molecular formula is C30H35F2N5O5. The number of hydrogen-bond acceptors (Lipinski definition) is 8. The molecule has 2 aromatic carbocycles. The molecule has 0 radical (unpaired) electrons. The second kappa shape index (κ2) is 11.4. The van der Waals surface area contributed by atoms with Gasteiger partial charge < -0.3 is 30.2 Å². The van der Waals surface area contributed by atoms with Gasteiger partial charge in [-0.25, -0.2) is 23.5 Å². The van der Waals surface area contributed by atoms with E-state index in [-0.39, 0.29) is 58.4 Å². The molecule has 0 saturated carbocycles. The molecule has 0 saturated heterocycles. The molecule has 3 N–H and O–H groups in total. The minimum absolute atomic E-state index is 0.00250. The van der Waals surface area contributed by atoms with Gasteiger partial charge in [0.25, 0.3) is 5.91 Å². The van der Waals surface area contributed by atoms with E-state index in [1.165, 1.54) is 23.4 Å². The van der Waals surface area contributed by atoms with Crippen LogP contribution in [-0.4, -0.2) is 59.3 Å². The molecule has 0 aliphatic carbocycles. The first kappa shape index (κ1) is 30.5. The highest BCUT2D eigenvalue weighted by molar-refractivity contribution is 6.05. The lowest BCUT2D eigenvalue weighted by molar-refractivity contribution is 0.0278. The van der Waals surface area contributed by atoms with Gasteiger partial charge in [-0.15, -0.1) is 0 Å². The van der Waals surface area contributed by atoms with E-state index in [9.17, 15) is 14.0 Å². The molecule has 0 fully saturated rings. The van der Waals surface area contributed by atoms with Gasteiger partial charge in [-0.3, -0.25) is 4.79 Å². The number of nitrogen functional groups attached to an aromatic ring is 1. The Bertz CT molecular complexity index is 1540. The van der Waals surface area contributed by atoms with E-state index in [0.717, 1.165) is 6.07 Å². The summed E-state index contributed by atoms with van der Waals surface area (Å²) in [5.41, 5.74) is 6.46. The van der Waals surface area contributed by atoms with Crippen LogP contribution >= 0.6 is 0 Å². The maximum Gasteiger partial charge on any atom is 0.410 e. The number of likely N-dealkylation sites (N-methyl/N-ethyl adjacent to an activating group) is 1. The Hall–Kier alpha value is -4.48. The van der Waals surface area contributed by atoms with Crippen molar-refractivity contribution in [2.45, 2.75) is 52.6 Å². The zero-order valence-electron chi connectivity index (χ0n) is 24.7. The van der Waals surface area contributed by atoms with Crippen LogP contribution in [0.5, 0.6) is 11.5 Å². The Kier molecular flexibility index (Phi) is 8.29. The third-order valence-electron chi connectivity index (χ3n) is 6.73. The second-order valence-corrected chi connectivity index (χ2v) is 11.7. The normalized spacial score (nSPS) is 13.6. The van der Waals surface area contributed by atoms with Gasteiger partial charge in [0.1, 0.15) is 30.0 Å². The predicted molar refractivity (Wildman–Crippen MR) is 154 cm³/mol. The Morgan fingerprint density at radius 2 is 1.90 bits per heavy atom. The number of carbonyl (C=O) groups excluding carboxylic acids is 2. The summed E-state index contributed by atoms with van der Waals surface area (Å²) in [4.78, 5) is 35.0. The number of ether oxygens (including phenoxy) is 3. The van der Waals surface area contributed by atoms with Crippen LogP contribution < -0.4 is 20.5 Å². The van der Waals surface area contributed by atoms with Crippen molar-refractivity contribution in [1.82, 2.24) is 14.9 Å². The average molecular weight is 584 g/mol. The number of benzene rings is 2. The van der Waals surface area contributed by atoms with Gasteiger partial charge in [0.05, 0.1) is 18.7 Å². The van der Waals surface area contributed by atoms with Gasteiger partial charge in [0.15, 0.2) is 23.1 Å². The fourth-order valence-corrected chi connectivity index (χ4v) is 4.42. The molecule has 0 bridgehead atoms. The number of rotatable bonds is 7. The van der Waals surface area contributed by atoms with Gasteiger partial charge in [0.2, 0.25) is 0 Å². The largest absolute Gasteiger partial charge is 0.489 e. The highest BCUT2D eigenvalue weighted by atomic mass is 19.1. The van der Waals surface area contributed by atoms with E-state index in [4.69, 9.17) is 19.9 Å². The van der Waals surface area contributed by atoms with Crippen molar-refractivity contribution in [1.29, 1.82) is 0 Å². The molecule has 12 heteroatoms. The maximum atomic E-state index is 15.3. The van der Waals surface area contributed by atoms with Crippen LogP contribution in [0.2, 0.25) is 0 Å². The topological polar surface area (TPSA) is 129 Å². The molecule has 1 aliphatic heterocycles. The lowest BCUT2D eigenvalue weighted by Crippen LogP contribution is -2.36. The van der Waals surface area contributed by atoms with Gasteiger partial charge in [-0.05, 0) is 51.5 Å². The number of nitrogens with two attached hydrogens (primary N) is 1. The summed E-state index contributed by atoms with van der Waals surface area (Å²) in [5.74, 6) is -2.12. The minimum atomic E-state index is -0.777. The smallest absolute Gasteiger partial charge is 0.410 e. The second-order valence-electron chi connectivity index (χ2n) is 11.7. The number of nitrogens with zero attached hydrogens (tertiary/aromatic N) is 3. The fraction of sp³-hybridized carbons (Fsp3) is 0.400. The Balaban J connectivity index is 1.58. The highest BCUT2D eigenvalue weighted by Gasteiger charge is 2.35. The van der Waals surface area contributed by atoms with Gasteiger partial charge >= 0.3 is 6.09 Å². The number of fused-ring (bicyclic) bond motifs is 1. The zero-order chi connectivity index (χ0) is 31.0. The molecule has 1 aromatic heterocycles. The SMILES string of the molecule is Cc1c(NC(=O)c2ccc3c(c2F)OCC3(C)C)cc(F)cc1-c1ncnc(N)c1OCCN(C)C(=O)OC(C)(C)C. The number of carbonyl (C=O) groups is 2. The number of aromatic nitrogens is 2. The van der Waals surface area contributed by atoms with E-state index in [1.54, 1.807) is 40.8 Å². The summed E-state index contributed by atoms with van der Waals surface area (Å²) in [6, 6.07) is 5.40. The van der Waals surface area contributed by atoms with Crippen LogP contribution in [0.1, 0.15) is 56.1 Å². The van der Waals surface area contributed by atoms with Crippen LogP contribution in [0.4, 0.5) is 25.1 Å². The van der Waals surface area contributed by atoms with Crippen LogP contribution in [0.15, 0.2) is 30.6 Å². The van der Waals surface area contributed by atoms with Crippen LogP contribution in [-0.2, 0) is 10.2 Å². The maximum absolute atomic E-state index is 15.3. The molecular weight excluding hydrogens is 548 g/mol. The average Bonchev–Trinajstić information content (AvgIpc) is 3.21. The van der Waals surface area contributed by atoms with Crippen molar-refractivity contribution in [3.8, 4) is 22.8 Å². The third kappa shape index (κ3) is 6.37. The van der Waals surface area contributed by atoms with Crippen molar-refractivity contribution in [3.05, 3.63) is 58.9 Å². The molecule has 3 aromatic rings. The monoisotopic (exact) mass is 583 g/mol. The molecule has 0 atom stereocenters. The molecule has 10 nitrogen and oxygen atoms in total. The lowest BCUT2D eigenvalue weighted by Gasteiger charge is -2.24. The van der Waals surface area contributed by atoms with Crippen molar-refractivity contribution in [2.75, 3.05) is 37.9 Å². The number of hydrogen-bond donors (Lipinski definition) is 2. The Morgan fingerprint density at radius 1 is 1.19 bits per heavy atom. The van der Waals surface area contributed by atoms with Crippen molar-refractivity contribution < 1.29 is 32.6 Å². The lowest BCUT2D eigenvalue weighted by atomic mass is 9.86. The Labute approximate surface area is 243 Å². The summed E-state index contributed by atoms with van der Waals surface area (Å²) in [6.07, 6.45) is 0.675. The van der Waals surface area contributed by atoms with Crippen molar-refractivity contribution in [3.63, 3.8) is 0 Å². The summed E-state index contributed by atoms with van der Waals surface area (Å²) in [6.45, 7) is 11.2. The molecule has 1 aliphatic rings. The fourth-order valence-electron chi connectivity index (χ4n) is 4.42. The summed E-state index contributed by atoms with van der Waals surface area (Å²) >= 11 is 0. The van der Waals surface area contributed by atoms with E-state index in [0.29, 0.717) is 17.7 Å². The molecule has 0 unspecified atom stereocenters. The molecule has 2 heterocycles. The first-order chi connectivity index (χ1) is 19.6. The van der Waals surface area contributed by atoms with Crippen LogP contribution in [0.25, 0.3) is 11.3 Å². The third-order valence-corrected chi connectivity index (χ3v) is 6.73. The molecule has 4 rings (SSSR count). The van der Waals surface area contributed by atoms with Gasteiger partial charge in [-0.2, -0.15) is 0 Å². The van der Waals surface area contributed by atoms with E-state index in [1.807, 2.05) is 13.8 Å². The summed E-state index contributed by atoms with van der Waals surface area (Å²) < 4.78 is 46.9. The van der Waals surface area contributed by atoms with Gasteiger partial charge in [-0.1, -0.05) is 19.9 Å². The van der Waals surface area contributed by atoms with Crippen LogP contribution in [0, 0.1) is 18.6 Å². The van der Waals surface area contributed by atoms with Crippen molar-refractivity contribution in [2.24, 2.45) is 0 Å².